The zero-order chi connectivity index (χ0) is 11.1. The van der Waals surface area contributed by atoms with E-state index in [0.717, 1.165) is 25.8 Å². The van der Waals surface area contributed by atoms with Crippen LogP contribution < -0.4 is 10.6 Å². The van der Waals surface area contributed by atoms with Gasteiger partial charge >= 0.3 is 5.97 Å². The molecule has 0 radical (unpaired) electrons. The van der Waals surface area contributed by atoms with E-state index in [2.05, 4.69) is 10.6 Å². The van der Waals surface area contributed by atoms with Crippen molar-refractivity contribution in [2.24, 2.45) is 0 Å². The van der Waals surface area contributed by atoms with Gasteiger partial charge in [-0.05, 0) is 26.3 Å². The maximum atomic E-state index is 11.5. The highest BCUT2D eigenvalue weighted by Gasteiger charge is 2.20. The second-order valence-electron chi connectivity index (χ2n) is 3.53. The number of hydrogen-bond donors (Lipinski definition) is 2. The van der Waals surface area contributed by atoms with Crippen LogP contribution in [0.15, 0.2) is 0 Å². The summed E-state index contributed by atoms with van der Waals surface area (Å²) in [5.41, 5.74) is 0. The normalized spacial score (nSPS) is 19.4. The van der Waals surface area contributed by atoms with Crippen molar-refractivity contribution >= 4 is 24.3 Å². The highest BCUT2D eigenvalue weighted by molar-refractivity contribution is 5.86. The molecule has 0 aromatic rings. The Morgan fingerprint density at radius 2 is 2.19 bits per heavy atom. The summed E-state index contributed by atoms with van der Waals surface area (Å²) in [6, 6.07) is -0.145. The zero-order valence-electron chi connectivity index (χ0n) is 9.45. The topological polar surface area (TPSA) is 67.4 Å². The molecule has 94 valence electrons. The van der Waals surface area contributed by atoms with Crippen molar-refractivity contribution in [3.8, 4) is 0 Å². The van der Waals surface area contributed by atoms with Gasteiger partial charge in [0.25, 0.3) is 0 Å². The Morgan fingerprint density at radius 3 is 2.75 bits per heavy atom. The third-order valence-electron chi connectivity index (χ3n) is 2.34. The molecule has 6 heteroatoms. The summed E-state index contributed by atoms with van der Waals surface area (Å²) in [6.45, 7) is 2.92. The molecular weight excluding hydrogens is 232 g/mol. The van der Waals surface area contributed by atoms with E-state index in [1.165, 1.54) is 0 Å². The summed E-state index contributed by atoms with van der Waals surface area (Å²) >= 11 is 0. The van der Waals surface area contributed by atoms with Gasteiger partial charge in [-0.2, -0.15) is 0 Å². The van der Waals surface area contributed by atoms with Crippen LogP contribution in [0.5, 0.6) is 0 Å². The molecule has 16 heavy (non-hydrogen) atoms. The van der Waals surface area contributed by atoms with Crippen molar-refractivity contribution in [1.29, 1.82) is 0 Å². The number of ether oxygens (including phenoxy) is 1. The van der Waals surface area contributed by atoms with Gasteiger partial charge in [-0.1, -0.05) is 6.42 Å². The van der Waals surface area contributed by atoms with Crippen molar-refractivity contribution in [3.63, 3.8) is 0 Å². The number of esters is 1. The molecule has 0 aliphatic carbocycles. The van der Waals surface area contributed by atoms with Gasteiger partial charge in [0.05, 0.1) is 12.6 Å². The first-order chi connectivity index (χ1) is 7.24. The number of hydrogen-bond acceptors (Lipinski definition) is 4. The molecule has 2 N–H and O–H groups in total. The minimum atomic E-state index is -0.387. The van der Waals surface area contributed by atoms with Gasteiger partial charge in [0.1, 0.15) is 6.54 Å². The van der Waals surface area contributed by atoms with Gasteiger partial charge in [0.2, 0.25) is 5.91 Å². The molecule has 1 fully saturated rings. The number of nitrogens with one attached hydrogen (secondary N) is 2. The molecule has 1 heterocycles. The molecule has 1 saturated heterocycles. The highest BCUT2D eigenvalue weighted by atomic mass is 35.5. The lowest BCUT2D eigenvalue weighted by atomic mass is 10.0. The van der Waals surface area contributed by atoms with Crippen LogP contribution in [0.1, 0.15) is 26.2 Å². The Labute approximate surface area is 102 Å². The fraction of sp³-hybridized carbons (Fsp3) is 0.800. The molecule has 1 rings (SSSR count). The Kier molecular flexibility index (Phi) is 7.93. The van der Waals surface area contributed by atoms with Gasteiger partial charge in [-0.25, -0.2) is 0 Å². The molecule has 5 nitrogen and oxygen atoms in total. The van der Waals surface area contributed by atoms with E-state index in [1.54, 1.807) is 6.92 Å². The smallest absolute Gasteiger partial charge is 0.325 e. The lowest BCUT2D eigenvalue weighted by Crippen LogP contribution is -2.47. The van der Waals surface area contributed by atoms with E-state index in [4.69, 9.17) is 4.74 Å². The van der Waals surface area contributed by atoms with E-state index in [0.29, 0.717) is 6.61 Å². The Bertz CT molecular complexity index is 230. The quantitative estimate of drug-likeness (QED) is 0.701. The Hall–Kier alpha value is -0.810. The molecule has 1 aliphatic heterocycles. The van der Waals surface area contributed by atoms with Gasteiger partial charge < -0.3 is 15.4 Å². The van der Waals surface area contributed by atoms with Crippen molar-refractivity contribution in [1.82, 2.24) is 10.6 Å². The maximum Gasteiger partial charge on any atom is 0.325 e. The first kappa shape index (κ1) is 15.2. The fourth-order valence-electron chi connectivity index (χ4n) is 1.57. The first-order valence-corrected chi connectivity index (χ1v) is 5.40. The highest BCUT2D eigenvalue weighted by Crippen LogP contribution is 2.06. The molecule has 0 spiro atoms. The third kappa shape index (κ3) is 5.32. The standard InChI is InChI=1S/C10H18N2O3.ClH/c1-2-15-9(13)7-12-10(14)8-5-3-4-6-11-8;/h8,11H,2-7H2,1H3,(H,12,14);1H. The largest absolute Gasteiger partial charge is 0.465 e. The molecular formula is C10H19ClN2O3. The molecule has 1 atom stereocenters. The molecule has 0 aromatic heterocycles. The molecule has 1 aliphatic rings. The molecule has 1 unspecified atom stereocenters. The van der Waals surface area contributed by atoms with E-state index in [1.807, 2.05) is 0 Å². The Morgan fingerprint density at radius 1 is 1.44 bits per heavy atom. The minimum absolute atomic E-state index is 0. The van der Waals surface area contributed by atoms with E-state index < -0.39 is 0 Å². The number of carbonyl (C=O) groups is 2. The predicted octanol–water partition coefficient (Wildman–Crippen LogP) is 0.230. The van der Waals surface area contributed by atoms with Crippen LogP contribution in [0.3, 0.4) is 0 Å². The van der Waals surface area contributed by atoms with Crippen molar-refractivity contribution in [3.05, 3.63) is 0 Å². The fourth-order valence-corrected chi connectivity index (χ4v) is 1.57. The minimum Gasteiger partial charge on any atom is -0.465 e. The van der Waals surface area contributed by atoms with Crippen LogP contribution in [0.2, 0.25) is 0 Å². The second-order valence-corrected chi connectivity index (χ2v) is 3.53. The third-order valence-corrected chi connectivity index (χ3v) is 2.34. The van der Waals surface area contributed by atoms with Crippen LogP contribution in [0, 0.1) is 0 Å². The van der Waals surface area contributed by atoms with E-state index in [9.17, 15) is 9.59 Å². The monoisotopic (exact) mass is 250 g/mol. The number of amides is 1. The average Bonchev–Trinajstić information content (AvgIpc) is 2.27. The summed E-state index contributed by atoms with van der Waals surface area (Å²) in [5.74, 6) is -0.496. The number of carbonyl (C=O) groups excluding carboxylic acids is 2. The van der Waals surface area contributed by atoms with Gasteiger partial charge in [0.15, 0.2) is 0 Å². The van der Waals surface area contributed by atoms with Crippen LogP contribution in [0.4, 0.5) is 0 Å². The first-order valence-electron chi connectivity index (χ1n) is 5.40. The van der Waals surface area contributed by atoms with Gasteiger partial charge in [-0.3, -0.25) is 9.59 Å². The summed E-state index contributed by atoms with van der Waals surface area (Å²) in [5, 5.41) is 5.67. The number of rotatable bonds is 4. The summed E-state index contributed by atoms with van der Waals surface area (Å²) in [7, 11) is 0. The number of halogens is 1. The van der Waals surface area contributed by atoms with E-state index in [-0.39, 0.29) is 36.9 Å². The van der Waals surface area contributed by atoms with Gasteiger partial charge in [0, 0.05) is 0 Å². The SMILES string of the molecule is CCOC(=O)CNC(=O)C1CCCCN1.Cl. The van der Waals surface area contributed by atoms with Crippen LogP contribution in [0.25, 0.3) is 0 Å². The summed E-state index contributed by atoms with van der Waals surface area (Å²) in [6.07, 6.45) is 3.01. The van der Waals surface area contributed by atoms with Crippen LogP contribution in [-0.2, 0) is 14.3 Å². The van der Waals surface area contributed by atoms with E-state index >= 15 is 0 Å². The Balaban J connectivity index is 0.00000225. The lowest BCUT2D eigenvalue weighted by Gasteiger charge is -2.22. The van der Waals surface area contributed by atoms with Crippen molar-refractivity contribution in [2.45, 2.75) is 32.2 Å². The molecule has 0 bridgehead atoms. The summed E-state index contributed by atoms with van der Waals surface area (Å²) < 4.78 is 4.71. The maximum absolute atomic E-state index is 11.5. The molecule has 1 amide bonds. The molecule has 0 aromatic carbocycles. The van der Waals surface area contributed by atoms with Crippen LogP contribution >= 0.6 is 12.4 Å². The second kappa shape index (κ2) is 8.35. The number of piperidine rings is 1. The average molecular weight is 251 g/mol. The van der Waals surface area contributed by atoms with Crippen molar-refractivity contribution in [2.75, 3.05) is 19.7 Å². The van der Waals surface area contributed by atoms with Gasteiger partial charge in [-0.15, -0.1) is 12.4 Å². The van der Waals surface area contributed by atoms with Crippen molar-refractivity contribution < 1.29 is 14.3 Å². The predicted molar refractivity (Wildman–Crippen MR) is 62.5 cm³/mol. The molecule has 0 saturated carbocycles. The lowest BCUT2D eigenvalue weighted by molar-refractivity contribution is -0.143. The zero-order valence-corrected chi connectivity index (χ0v) is 10.3. The summed E-state index contributed by atoms with van der Waals surface area (Å²) in [4.78, 5) is 22.5. The van der Waals surface area contributed by atoms with Crippen LogP contribution in [-0.4, -0.2) is 37.6 Å².